The molecule has 0 rings (SSSR count). The molecule has 5 heteroatoms. The minimum Gasteiger partial charge on any atom is -0.460 e. The van der Waals surface area contributed by atoms with E-state index in [0.29, 0.717) is 5.75 Å². The van der Waals surface area contributed by atoms with Crippen LogP contribution in [0.5, 0.6) is 0 Å². The summed E-state index contributed by atoms with van der Waals surface area (Å²) in [5.74, 6) is -0.789. The van der Waals surface area contributed by atoms with Gasteiger partial charge in [-0.2, -0.15) is 11.8 Å². The highest BCUT2D eigenvalue weighted by Crippen LogP contribution is 1.99. The monoisotopic (exact) mass is 192 g/mol. The second kappa shape index (κ2) is 7.12. The number of carbonyl (C=O) groups is 2. The van der Waals surface area contributed by atoms with Crippen LogP contribution in [0.25, 0.3) is 0 Å². The van der Waals surface area contributed by atoms with Crippen molar-refractivity contribution < 1.29 is 19.4 Å². The molecule has 0 fully saturated rings. The van der Waals surface area contributed by atoms with Crippen molar-refractivity contribution in [2.75, 3.05) is 24.7 Å². The number of thioether (sulfide) groups is 1. The van der Waals surface area contributed by atoms with Gasteiger partial charge in [0.2, 0.25) is 5.78 Å². The first-order valence-corrected chi connectivity index (χ1v) is 4.76. The minimum atomic E-state index is -0.789. The molecular weight excluding hydrogens is 180 g/mol. The van der Waals surface area contributed by atoms with Crippen LogP contribution in [0.2, 0.25) is 0 Å². The van der Waals surface area contributed by atoms with E-state index in [1.807, 2.05) is 0 Å². The van der Waals surface area contributed by atoms with Gasteiger partial charge in [0.05, 0.1) is 19.0 Å². The van der Waals surface area contributed by atoms with E-state index >= 15 is 0 Å². The molecule has 0 spiro atoms. The van der Waals surface area contributed by atoms with Gasteiger partial charge in [0.25, 0.3) is 0 Å². The van der Waals surface area contributed by atoms with Gasteiger partial charge >= 0.3 is 5.97 Å². The Morgan fingerprint density at radius 1 is 1.50 bits per heavy atom. The molecule has 0 saturated carbocycles. The third-order valence-corrected chi connectivity index (χ3v) is 1.91. The molecule has 4 nitrogen and oxygen atoms in total. The summed E-state index contributed by atoms with van der Waals surface area (Å²) in [4.78, 5) is 21.5. The topological polar surface area (TPSA) is 63.6 Å². The molecule has 0 bridgehead atoms. The molecule has 0 aliphatic carbocycles. The van der Waals surface area contributed by atoms with Crippen LogP contribution in [0.15, 0.2) is 0 Å². The Labute approximate surface area is 75.3 Å². The fourth-order valence-corrected chi connectivity index (χ4v) is 1.08. The summed E-state index contributed by atoms with van der Waals surface area (Å²) in [7, 11) is 0. The number of aliphatic hydroxyl groups is 1. The van der Waals surface area contributed by atoms with E-state index in [1.165, 1.54) is 11.8 Å². The lowest BCUT2D eigenvalue weighted by atomic mass is 10.5. The molecule has 0 aliphatic heterocycles. The van der Waals surface area contributed by atoms with Crippen molar-refractivity contribution in [1.82, 2.24) is 0 Å². The van der Waals surface area contributed by atoms with E-state index in [-0.39, 0.29) is 19.0 Å². The Hall–Kier alpha value is -0.550. The molecule has 12 heavy (non-hydrogen) atoms. The number of ketones is 1. The van der Waals surface area contributed by atoms with Crippen LogP contribution >= 0.6 is 11.8 Å². The predicted molar refractivity (Wildman–Crippen MR) is 46.1 cm³/mol. The summed E-state index contributed by atoms with van der Waals surface area (Å²) in [6.07, 6.45) is 0. The molecule has 0 aromatic heterocycles. The Morgan fingerprint density at radius 3 is 2.67 bits per heavy atom. The first-order valence-electron chi connectivity index (χ1n) is 3.61. The van der Waals surface area contributed by atoms with Gasteiger partial charge in [0.15, 0.2) is 0 Å². The van der Waals surface area contributed by atoms with Gasteiger partial charge in [-0.3, -0.25) is 4.79 Å². The molecule has 0 aromatic carbocycles. The Bertz CT molecular complexity index is 157. The number of hydrogen-bond donors (Lipinski definition) is 1. The van der Waals surface area contributed by atoms with Crippen molar-refractivity contribution in [2.24, 2.45) is 0 Å². The van der Waals surface area contributed by atoms with Gasteiger partial charge in [0, 0.05) is 5.75 Å². The normalized spacial score (nSPS) is 9.50. The predicted octanol–water partition coefficient (Wildman–Crippen LogP) is -0.156. The second-order valence-electron chi connectivity index (χ2n) is 1.92. The van der Waals surface area contributed by atoms with Crippen LogP contribution in [0.1, 0.15) is 6.92 Å². The van der Waals surface area contributed by atoms with E-state index in [9.17, 15) is 9.59 Å². The molecule has 0 unspecified atom stereocenters. The van der Waals surface area contributed by atoms with Crippen molar-refractivity contribution in [3.63, 3.8) is 0 Å². The zero-order chi connectivity index (χ0) is 9.40. The van der Waals surface area contributed by atoms with Gasteiger partial charge in [-0.15, -0.1) is 0 Å². The van der Waals surface area contributed by atoms with Gasteiger partial charge in [-0.1, -0.05) is 0 Å². The van der Waals surface area contributed by atoms with E-state index in [0.717, 1.165) is 0 Å². The lowest BCUT2D eigenvalue weighted by Crippen LogP contribution is -2.19. The second-order valence-corrected chi connectivity index (χ2v) is 3.03. The van der Waals surface area contributed by atoms with Crippen molar-refractivity contribution in [2.45, 2.75) is 6.92 Å². The zero-order valence-electron chi connectivity index (χ0n) is 6.91. The van der Waals surface area contributed by atoms with E-state index in [1.54, 1.807) is 6.92 Å². The van der Waals surface area contributed by atoms with Crippen LogP contribution < -0.4 is 0 Å². The summed E-state index contributed by atoms with van der Waals surface area (Å²) in [5, 5.41) is 8.37. The SMILES string of the molecule is CCOC(=O)C(=O)CSCCO. The lowest BCUT2D eigenvalue weighted by molar-refractivity contribution is -0.152. The number of carbonyl (C=O) groups excluding carboxylic acids is 2. The van der Waals surface area contributed by atoms with Gasteiger partial charge < -0.3 is 9.84 Å². The first-order chi connectivity index (χ1) is 5.72. The summed E-state index contributed by atoms with van der Waals surface area (Å²) in [6, 6.07) is 0. The van der Waals surface area contributed by atoms with Crippen molar-refractivity contribution in [1.29, 1.82) is 0 Å². The summed E-state index contributed by atoms with van der Waals surface area (Å²) in [6.45, 7) is 1.88. The average Bonchev–Trinajstić information content (AvgIpc) is 2.05. The third kappa shape index (κ3) is 5.15. The number of rotatable bonds is 6. The zero-order valence-corrected chi connectivity index (χ0v) is 7.73. The first kappa shape index (κ1) is 11.4. The number of Topliss-reactive ketones (excluding diaryl/α,β-unsaturated/α-hetero) is 1. The van der Waals surface area contributed by atoms with Crippen LogP contribution in [-0.4, -0.2) is 41.6 Å². The molecule has 70 valence electrons. The Morgan fingerprint density at radius 2 is 2.17 bits per heavy atom. The largest absolute Gasteiger partial charge is 0.460 e. The van der Waals surface area contributed by atoms with E-state index < -0.39 is 11.8 Å². The van der Waals surface area contributed by atoms with Gasteiger partial charge in [-0.05, 0) is 6.92 Å². The molecular formula is C7H12O4S. The molecule has 0 amide bonds. The van der Waals surface area contributed by atoms with Crippen molar-refractivity contribution >= 4 is 23.5 Å². The molecule has 0 aliphatic rings. The molecule has 1 N–H and O–H groups in total. The van der Waals surface area contributed by atoms with Crippen LogP contribution in [0.4, 0.5) is 0 Å². The van der Waals surface area contributed by atoms with Crippen LogP contribution in [0.3, 0.4) is 0 Å². The van der Waals surface area contributed by atoms with E-state index in [2.05, 4.69) is 4.74 Å². The standard InChI is InChI=1S/C7H12O4S/c1-2-11-7(10)6(9)5-12-4-3-8/h8H,2-5H2,1H3. The smallest absolute Gasteiger partial charge is 0.375 e. The van der Waals surface area contributed by atoms with Crippen molar-refractivity contribution in [3.05, 3.63) is 0 Å². The van der Waals surface area contributed by atoms with Crippen LogP contribution in [-0.2, 0) is 14.3 Å². The highest BCUT2D eigenvalue weighted by molar-refractivity contribution is 8.00. The van der Waals surface area contributed by atoms with Gasteiger partial charge in [-0.25, -0.2) is 4.79 Å². The molecule has 0 radical (unpaired) electrons. The number of aliphatic hydroxyl groups excluding tert-OH is 1. The minimum absolute atomic E-state index is 0.0147. The van der Waals surface area contributed by atoms with E-state index in [4.69, 9.17) is 5.11 Å². The molecule has 0 atom stereocenters. The summed E-state index contributed by atoms with van der Waals surface area (Å²) >= 11 is 1.22. The number of esters is 1. The molecule has 0 aromatic rings. The fourth-order valence-electron chi connectivity index (χ4n) is 0.500. The summed E-state index contributed by atoms with van der Waals surface area (Å²) in [5.41, 5.74) is 0. The highest BCUT2D eigenvalue weighted by Gasteiger charge is 2.13. The number of hydrogen-bond acceptors (Lipinski definition) is 5. The summed E-state index contributed by atoms with van der Waals surface area (Å²) < 4.78 is 4.47. The van der Waals surface area contributed by atoms with Crippen LogP contribution in [0, 0.1) is 0 Å². The maximum atomic E-state index is 10.8. The fraction of sp³-hybridized carbons (Fsp3) is 0.714. The third-order valence-electron chi connectivity index (χ3n) is 0.972. The molecule has 0 saturated heterocycles. The van der Waals surface area contributed by atoms with Gasteiger partial charge in [0.1, 0.15) is 0 Å². The average molecular weight is 192 g/mol. The van der Waals surface area contributed by atoms with Crippen molar-refractivity contribution in [3.8, 4) is 0 Å². The lowest BCUT2D eigenvalue weighted by Gasteiger charge is -1.99. The maximum Gasteiger partial charge on any atom is 0.375 e. The highest BCUT2D eigenvalue weighted by atomic mass is 32.2. The maximum absolute atomic E-state index is 10.8. The quantitative estimate of drug-likeness (QED) is 0.360. The number of ether oxygens (including phenoxy) is 1. The Kier molecular flexibility index (Phi) is 6.79. The molecule has 0 heterocycles. The Balaban J connectivity index is 3.50.